The molecule has 0 aromatic carbocycles. The van der Waals surface area contributed by atoms with Gasteiger partial charge in [-0.15, -0.1) is 5.10 Å². The fourth-order valence-electron chi connectivity index (χ4n) is 3.54. The summed E-state index contributed by atoms with van der Waals surface area (Å²) in [4.78, 5) is 27.7. The highest BCUT2D eigenvalue weighted by atomic mass is 16.2. The quantitative estimate of drug-likeness (QED) is 0.710. The molecule has 1 aliphatic heterocycles. The standard InChI is InChI=1S/C17H21N7O/c1-11-9-12(2)24-17(19-11)20-15(21-24)16(25)22-7-4-5-14(10-22)23-8-6-18-13(23)3/h6,8-9,14H,4-5,7,10H2,1-3H3/t14-/m0/s1. The summed E-state index contributed by atoms with van der Waals surface area (Å²) in [6, 6.07) is 2.17. The maximum Gasteiger partial charge on any atom is 0.293 e. The Morgan fingerprint density at radius 3 is 2.84 bits per heavy atom. The molecule has 4 rings (SSSR count). The van der Waals surface area contributed by atoms with Crippen molar-refractivity contribution in [2.24, 2.45) is 0 Å². The predicted molar refractivity (Wildman–Crippen MR) is 91.4 cm³/mol. The SMILES string of the molecule is Cc1cc(C)n2nc(C(=O)N3CCC[C@H](n4ccnc4C)C3)nc2n1. The summed E-state index contributed by atoms with van der Waals surface area (Å²) >= 11 is 0. The van der Waals surface area contributed by atoms with Gasteiger partial charge in [0.1, 0.15) is 5.82 Å². The van der Waals surface area contributed by atoms with Crippen molar-refractivity contribution in [2.45, 2.75) is 39.7 Å². The van der Waals surface area contributed by atoms with Crippen LogP contribution in [0.25, 0.3) is 5.78 Å². The highest BCUT2D eigenvalue weighted by molar-refractivity contribution is 5.91. The van der Waals surface area contributed by atoms with E-state index in [1.165, 1.54) is 0 Å². The molecule has 0 saturated carbocycles. The molecule has 0 bridgehead atoms. The zero-order valence-electron chi connectivity index (χ0n) is 14.7. The third-order valence-electron chi connectivity index (χ3n) is 4.75. The molecule has 3 aromatic rings. The molecule has 8 nitrogen and oxygen atoms in total. The van der Waals surface area contributed by atoms with Gasteiger partial charge in [-0.2, -0.15) is 4.98 Å². The van der Waals surface area contributed by atoms with Crippen molar-refractivity contribution in [1.29, 1.82) is 0 Å². The predicted octanol–water partition coefficient (Wildman–Crippen LogP) is 1.72. The Bertz CT molecular complexity index is 942. The van der Waals surface area contributed by atoms with E-state index in [1.54, 1.807) is 10.7 Å². The van der Waals surface area contributed by atoms with Gasteiger partial charge in [-0.1, -0.05) is 0 Å². The molecule has 0 unspecified atom stereocenters. The molecule has 130 valence electrons. The van der Waals surface area contributed by atoms with Crippen LogP contribution in [-0.2, 0) is 0 Å². The fraction of sp³-hybridized carbons (Fsp3) is 0.471. The van der Waals surface area contributed by atoms with Gasteiger partial charge in [0.05, 0.1) is 6.04 Å². The van der Waals surface area contributed by atoms with Crippen molar-refractivity contribution in [3.05, 3.63) is 41.5 Å². The number of rotatable bonds is 2. The van der Waals surface area contributed by atoms with E-state index in [9.17, 15) is 4.79 Å². The van der Waals surface area contributed by atoms with Gasteiger partial charge >= 0.3 is 0 Å². The lowest BCUT2D eigenvalue weighted by molar-refractivity contribution is 0.0666. The lowest BCUT2D eigenvalue weighted by Gasteiger charge is -2.33. The molecule has 0 N–H and O–H groups in total. The smallest absolute Gasteiger partial charge is 0.293 e. The molecule has 8 heteroatoms. The first-order valence-electron chi connectivity index (χ1n) is 8.52. The summed E-state index contributed by atoms with van der Waals surface area (Å²) in [6.45, 7) is 7.21. The number of likely N-dealkylation sites (tertiary alicyclic amines) is 1. The monoisotopic (exact) mass is 339 g/mol. The van der Waals surface area contributed by atoms with Crippen molar-refractivity contribution in [1.82, 2.24) is 34.0 Å². The Hall–Kier alpha value is -2.77. The molecule has 3 aromatic heterocycles. The summed E-state index contributed by atoms with van der Waals surface area (Å²) in [5, 5.41) is 4.37. The molecule has 25 heavy (non-hydrogen) atoms. The number of aryl methyl sites for hydroxylation is 3. The normalized spacial score (nSPS) is 18.0. The van der Waals surface area contributed by atoms with Gasteiger partial charge in [0.2, 0.25) is 5.82 Å². The maximum absolute atomic E-state index is 12.9. The number of piperidine rings is 1. The number of hydrogen-bond acceptors (Lipinski definition) is 5. The van der Waals surface area contributed by atoms with Crippen molar-refractivity contribution in [3.8, 4) is 0 Å². The van der Waals surface area contributed by atoms with Gasteiger partial charge in [0.25, 0.3) is 11.7 Å². The van der Waals surface area contributed by atoms with Gasteiger partial charge in [0.15, 0.2) is 0 Å². The summed E-state index contributed by atoms with van der Waals surface area (Å²) in [5.74, 6) is 1.52. The van der Waals surface area contributed by atoms with E-state index in [2.05, 4.69) is 24.6 Å². The third kappa shape index (κ3) is 2.77. The average Bonchev–Trinajstić information content (AvgIpc) is 3.20. The average molecular weight is 339 g/mol. The molecular weight excluding hydrogens is 318 g/mol. The first-order valence-corrected chi connectivity index (χ1v) is 8.52. The summed E-state index contributed by atoms with van der Waals surface area (Å²) in [5.41, 5.74) is 1.78. The van der Waals surface area contributed by atoms with Gasteiger partial charge in [-0.05, 0) is 39.7 Å². The number of carbonyl (C=O) groups is 1. The Kier molecular flexibility index (Phi) is 3.74. The van der Waals surface area contributed by atoms with Crippen LogP contribution in [0.3, 0.4) is 0 Å². The number of amides is 1. The highest BCUT2D eigenvalue weighted by Gasteiger charge is 2.28. The zero-order valence-corrected chi connectivity index (χ0v) is 14.7. The Morgan fingerprint density at radius 2 is 2.08 bits per heavy atom. The molecule has 0 aliphatic carbocycles. The van der Waals surface area contributed by atoms with Crippen molar-refractivity contribution in [3.63, 3.8) is 0 Å². The van der Waals surface area contributed by atoms with E-state index < -0.39 is 0 Å². The molecule has 4 heterocycles. The number of nitrogens with zero attached hydrogens (tertiary/aromatic N) is 7. The zero-order chi connectivity index (χ0) is 17.6. The second-order valence-corrected chi connectivity index (χ2v) is 6.62. The van der Waals surface area contributed by atoms with Crippen LogP contribution < -0.4 is 0 Å². The molecule has 1 amide bonds. The summed E-state index contributed by atoms with van der Waals surface area (Å²) in [6.07, 6.45) is 5.78. The van der Waals surface area contributed by atoms with Crippen molar-refractivity contribution >= 4 is 11.7 Å². The number of imidazole rings is 1. The summed E-state index contributed by atoms with van der Waals surface area (Å²) < 4.78 is 3.77. The van der Waals surface area contributed by atoms with E-state index >= 15 is 0 Å². The minimum atomic E-state index is -0.134. The fourth-order valence-corrected chi connectivity index (χ4v) is 3.54. The van der Waals surface area contributed by atoms with E-state index in [1.807, 2.05) is 37.9 Å². The molecular formula is C17H21N7O. The largest absolute Gasteiger partial charge is 0.334 e. The Balaban J connectivity index is 1.60. The molecule has 1 aliphatic rings. The van der Waals surface area contributed by atoms with Gasteiger partial charge in [-0.25, -0.2) is 14.5 Å². The molecule has 1 fully saturated rings. The second-order valence-electron chi connectivity index (χ2n) is 6.62. The third-order valence-corrected chi connectivity index (χ3v) is 4.75. The highest BCUT2D eigenvalue weighted by Crippen LogP contribution is 2.23. The van der Waals surface area contributed by atoms with Crippen LogP contribution in [0.5, 0.6) is 0 Å². The first-order chi connectivity index (χ1) is 12.0. The number of hydrogen-bond donors (Lipinski definition) is 0. The minimum absolute atomic E-state index is 0.134. The maximum atomic E-state index is 12.9. The van der Waals surface area contributed by atoms with Crippen LogP contribution in [0.4, 0.5) is 0 Å². The van der Waals surface area contributed by atoms with Crippen molar-refractivity contribution in [2.75, 3.05) is 13.1 Å². The van der Waals surface area contributed by atoms with Crippen LogP contribution in [0, 0.1) is 20.8 Å². The van der Waals surface area contributed by atoms with Crippen molar-refractivity contribution < 1.29 is 4.79 Å². The lowest BCUT2D eigenvalue weighted by Crippen LogP contribution is -2.41. The first kappa shape index (κ1) is 15.7. The van der Waals surface area contributed by atoms with Gasteiger partial charge in [-0.3, -0.25) is 4.79 Å². The molecule has 0 spiro atoms. The van der Waals surface area contributed by atoms with Gasteiger partial charge < -0.3 is 9.47 Å². The number of aromatic nitrogens is 6. The molecule has 0 radical (unpaired) electrons. The van der Waals surface area contributed by atoms with Crippen LogP contribution in [0.15, 0.2) is 18.5 Å². The second kappa shape index (κ2) is 5.94. The van der Waals surface area contributed by atoms with E-state index in [0.717, 1.165) is 36.6 Å². The number of carbonyl (C=O) groups excluding carboxylic acids is 1. The van der Waals surface area contributed by atoms with Gasteiger partial charge in [0, 0.05) is 36.9 Å². The Morgan fingerprint density at radius 1 is 1.24 bits per heavy atom. The lowest BCUT2D eigenvalue weighted by atomic mass is 10.1. The molecule has 1 saturated heterocycles. The van der Waals surface area contributed by atoms with Crippen LogP contribution in [0.1, 0.15) is 46.7 Å². The topological polar surface area (TPSA) is 81.2 Å². The van der Waals surface area contributed by atoms with E-state index in [-0.39, 0.29) is 17.8 Å². The Labute approximate surface area is 145 Å². The van der Waals surface area contributed by atoms with E-state index in [0.29, 0.717) is 12.3 Å². The minimum Gasteiger partial charge on any atom is -0.334 e. The van der Waals surface area contributed by atoms with E-state index in [4.69, 9.17) is 0 Å². The van der Waals surface area contributed by atoms with Crippen LogP contribution >= 0.6 is 0 Å². The molecule has 1 atom stereocenters. The summed E-state index contributed by atoms with van der Waals surface area (Å²) in [7, 11) is 0. The number of fused-ring (bicyclic) bond motifs is 1. The van der Waals surface area contributed by atoms with Crippen LogP contribution in [0.2, 0.25) is 0 Å². The van der Waals surface area contributed by atoms with Crippen LogP contribution in [-0.4, -0.2) is 53.0 Å².